The van der Waals surface area contributed by atoms with E-state index in [-0.39, 0.29) is 24.3 Å². The SMILES string of the molecule is CNC(=O)C(C)(C)n1ccc(-c2cccc(-c3csc(NC(=O)CNC(=O)c4ccn(C)c4)n3)c2)n1. The smallest absolute Gasteiger partial charge is 0.253 e. The van der Waals surface area contributed by atoms with Gasteiger partial charge in [0, 0.05) is 49.2 Å². The number of thiazole rings is 1. The van der Waals surface area contributed by atoms with Gasteiger partial charge in [0.05, 0.1) is 23.5 Å². The van der Waals surface area contributed by atoms with E-state index < -0.39 is 5.54 Å². The number of benzene rings is 1. The van der Waals surface area contributed by atoms with Gasteiger partial charge in [-0.1, -0.05) is 18.2 Å². The van der Waals surface area contributed by atoms with Gasteiger partial charge in [0.25, 0.3) is 5.91 Å². The molecule has 0 aliphatic heterocycles. The molecular weight excluding hydrogens is 478 g/mol. The monoisotopic (exact) mass is 505 g/mol. The van der Waals surface area contributed by atoms with Crippen LogP contribution in [0.4, 0.5) is 5.13 Å². The first kappa shape index (κ1) is 24.9. The second-order valence-corrected chi connectivity index (χ2v) is 9.56. The molecule has 0 bridgehead atoms. The molecule has 0 aliphatic rings. The van der Waals surface area contributed by atoms with E-state index in [4.69, 9.17) is 0 Å². The van der Waals surface area contributed by atoms with Crippen LogP contribution in [-0.4, -0.2) is 50.6 Å². The van der Waals surface area contributed by atoms with Crippen LogP contribution in [0.5, 0.6) is 0 Å². The Hall–Kier alpha value is -4.25. The van der Waals surface area contributed by atoms with Crippen LogP contribution in [0, 0.1) is 0 Å². The lowest BCUT2D eigenvalue weighted by atomic mass is 10.1. The van der Waals surface area contributed by atoms with E-state index in [0.29, 0.717) is 16.4 Å². The molecule has 0 unspecified atom stereocenters. The predicted octanol–water partition coefficient (Wildman–Crippen LogP) is 2.86. The molecule has 10 nitrogen and oxygen atoms in total. The van der Waals surface area contributed by atoms with Crippen LogP contribution < -0.4 is 16.0 Å². The minimum absolute atomic E-state index is 0.136. The Bertz CT molecular complexity index is 1420. The molecule has 4 aromatic rings. The minimum Gasteiger partial charge on any atom is -0.357 e. The molecule has 36 heavy (non-hydrogen) atoms. The Morgan fingerprint density at radius 1 is 1.06 bits per heavy atom. The van der Waals surface area contributed by atoms with Gasteiger partial charge in [-0.15, -0.1) is 11.3 Å². The standard InChI is InChI=1S/C25H27N7O3S/c1-25(2,23(35)26-3)32-11-9-19(30-32)16-6-5-7-17(12-16)20-15-36-24(28-20)29-21(33)13-27-22(34)18-8-10-31(4)14-18/h5-12,14-15H,13H2,1-4H3,(H,26,35)(H,27,34)(H,28,29,33). The number of hydrogen-bond acceptors (Lipinski definition) is 6. The van der Waals surface area contributed by atoms with E-state index in [1.54, 1.807) is 54.8 Å². The fourth-order valence-corrected chi connectivity index (χ4v) is 4.30. The van der Waals surface area contributed by atoms with Gasteiger partial charge in [-0.3, -0.25) is 19.1 Å². The lowest BCUT2D eigenvalue weighted by Gasteiger charge is -2.23. The topological polar surface area (TPSA) is 123 Å². The van der Waals surface area contributed by atoms with Crippen LogP contribution in [0.15, 0.2) is 60.4 Å². The molecule has 0 radical (unpaired) electrons. The van der Waals surface area contributed by atoms with E-state index in [2.05, 4.69) is 26.0 Å². The van der Waals surface area contributed by atoms with Crippen molar-refractivity contribution in [3.8, 4) is 22.5 Å². The summed E-state index contributed by atoms with van der Waals surface area (Å²) < 4.78 is 3.40. The molecule has 3 N–H and O–H groups in total. The number of nitrogens with zero attached hydrogens (tertiary/aromatic N) is 4. The third-order valence-electron chi connectivity index (χ3n) is 5.65. The largest absolute Gasteiger partial charge is 0.357 e. The highest BCUT2D eigenvalue weighted by Crippen LogP contribution is 2.29. The van der Waals surface area contributed by atoms with E-state index in [1.165, 1.54) is 11.3 Å². The number of amides is 3. The Labute approximate surface area is 212 Å². The molecule has 186 valence electrons. The molecule has 0 aliphatic carbocycles. The molecule has 3 heterocycles. The number of hydrogen-bond donors (Lipinski definition) is 3. The Kier molecular flexibility index (Phi) is 7.02. The van der Waals surface area contributed by atoms with Crippen LogP contribution in [0.2, 0.25) is 0 Å². The van der Waals surface area contributed by atoms with Crippen LogP contribution in [0.1, 0.15) is 24.2 Å². The molecule has 0 saturated heterocycles. The third kappa shape index (κ3) is 5.36. The van der Waals surface area contributed by atoms with Crippen molar-refractivity contribution in [1.82, 2.24) is 30.0 Å². The number of rotatable bonds is 8. The summed E-state index contributed by atoms with van der Waals surface area (Å²) in [5, 5.41) is 14.9. The van der Waals surface area contributed by atoms with Gasteiger partial charge in [-0.05, 0) is 32.0 Å². The van der Waals surface area contributed by atoms with E-state index >= 15 is 0 Å². The average Bonchev–Trinajstić information content (AvgIpc) is 3.63. The van der Waals surface area contributed by atoms with Crippen molar-refractivity contribution in [3.05, 3.63) is 65.9 Å². The van der Waals surface area contributed by atoms with Crippen molar-refractivity contribution in [3.63, 3.8) is 0 Å². The first-order valence-corrected chi connectivity index (χ1v) is 12.1. The van der Waals surface area contributed by atoms with Crippen LogP contribution in [0.3, 0.4) is 0 Å². The van der Waals surface area contributed by atoms with Gasteiger partial charge in [-0.25, -0.2) is 4.98 Å². The second-order valence-electron chi connectivity index (χ2n) is 8.70. The molecule has 0 atom stereocenters. The molecule has 0 fully saturated rings. The normalized spacial score (nSPS) is 11.2. The third-order valence-corrected chi connectivity index (χ3v) is 6.41. The summed E-state index contributed by atoms with van der Waals surface area (Å²) in [6, 6.07) is 11.3. The minimum atomic E-state index is -0.826. The summed E-state index contributed by atoms with van der Waals surface area (Å²) in [6.07, 6.45) is 5.23. The molecule has 3 aromatic heterocycles. The number of nitrogens with one attached hydrogen (secondary N) is 3. The summed E-state index contributed by atoms with van der Waals surface area (Å²) in [7, 11) is 3.42. The number of carbonyl (C=O) groups excluding carboxylic acids is 3. The van der Waals surface area contributed by atoms with E-state index in [1.807, 2.05) is 42.8 Å². The number of anilines is 1. The summed E-state index contributed by atoms with van der Waals surface area (Å²) in [4.78, 5) is 41.1. The van der Waals surface area contributed by atoms with Crippen LogP contribution in [-0.2, 0) is 22.2 Å². The zero-order valence-corrected chi connectivity index (χ0v) is 21.2. The molecule has 11 heteroatoms. The molecule has 3 amide bonds. The lowest BCUT2D eigenvalue weighted by molar-refractivity contribution is -0.128. The molecule has 0 saturated carbocycles. The Morgan fingerprint density at radius 2 is 1.81 bits per heavy atom. The molecule has 0 spiro atoms. The maximum atomic E-state index is 12.3. The highest BCUT2D eigenvalue weighted by molar-refractivity contribution is 7.14. The van der Waals surface area contributed by atoms with Gasteiger partial charge in [-0.2, -0.15) is 5.10 Å². The zero-order valence-electron chi connectivity index (χ0n) is 20.4. The highest BCUT2D eigenvalue weighted by Gasteiger charge is 2.29. The van der Waals surface area contributed by atoms with Gasteiger partial charge in [0.15, 0.2) is 5.13 Å². The van der Waals surface area contributed by atoms with E-state index in [9.17, 15) is 14.4 Å². The summed E-state index contributed by atoms with van der Waals surface area (Å²) in [5.74, 6) is -0.815. The quantitative estimate of drug-likeness (QED) is 0.340. The van der Waals surface area contributed by atoms with Gasteiger partial charge in [0.1, 0.15) is 5.54 Å². The fraction of sp³-hybridized carbons (Fsp3) is 0.240. The Morgan fingerprint density at radius 3 is 2.50 bits per heavy atom. The van der Waals surface area contributed by atoms with E-state index in [0.717, 1.165) is 16.8 Å². The van der Waals surface area contributed by atoms with Crippen molar-refractivity contribution in [2.75, 3.05) is 18.9 Å². The lowest BCUT2D eigenvalue weighted by Crippen LogP contribution is -2.43. The fourth-order valence-electron chi connectivity index (χ4n) is 3.56. The first-order chi connectivity index (χ1) is 17.2. The Balaban J connectivity index is 1.41. The summed E-state index contributed by atoms with van der Waals surface area (Å²) in [5.41, 5.74) is 2.83. The zero-order chi connectivity index (χ0) is 25.9. The maximum absolute atomic E-state index is 12.3. The molecule has 4 rings (SSSR count). The second kappa shape index (κ2) is 10.2. The molecular formula is C25H27N7O3S. The first-order valence-electron chi connectivity index (χ1n) is 11.2. The van der Waals surface area contributed by atoms with Crippen molar-refractivity contribution < 1.29 is 14.4 Å². The number of aromatic nitrogens is 4. The van der Waals surface area contributed by atoms with Crippen molar-refractivity contribution in [2.24, 2.45) is 7.05 Å². The summed E-state index contributed by atoms with van der Waals surface area (Å²) in [6.45, 7) is 3.45. The maximum Gasteiger partial charge on any atom is 0.253 e. The molecule has 1 aromatic carbocycles. The van der Waals surface area contributed by atoms with Gasteiger partial charge >= 0.3 is 0 Å². The highest BCUT2D eigenvalue weighted by atomic mass is 32.1. The predicted molar refractivity (Wildman–Crippen MR) is 139 cm³/mol. The van der Waals surface area contributed by atoms with Crippen molar-refractivity contribution in [2.45, 2.75) is 19.4 Å². The number of aryl methyl sites for hydroxylation is 1. The van der Waals surface area contributed by atoms with Crippen molar-refractivity contribution in [1.29, 1.82) is 0 Å². The van der Waals surface area contributed by atoms with Gasteiger partial charge in [0.2, 0.25) is 11.8 Å². The average molecular weight is 506 g/mol. The van der Waals surface area contributed by atoms with Crippen LogP contribution >= 0.6 is 11.3 Å². The summed E-state index contributed by atoms with van der Waals surface area (Å²) >= 11 is 1.30. The van der Waals surface area contributed by atoms with Crippen molar-refractivity contribution >= 4 is 34.2 Å². The number of likely N-dealkylation sites (N-methyl/N-ethyl adjacent to an activating group) is 1. The number of carbonyl (C=O) groups is 3. The van der Waals surface area contributed by atoms with Gasteiger partial charge < -0.3 is 20.5 Å². The van der Waals surface area contributed by atoms with Crippen LogP contribution in [0.25, 0.3) is 22.5 Å².